The highest BCUT2D eigenvalue weighted by atomic mass is 16.2. The molecular formula is C4H9N2O2+. The van der Waals surface area contributed by atoms with Crippen LogP contribution in [0.15, 0.2) is 0 Å². The van der Waals surface area contributed by atoms with Crippen LogP contribution in [0.1, 0.15) is 12.8 Å². The zero-order valence-electron chi connectivity index (χ0n) is 4.73. The third-order valence-electron chi connectivity index (χ3n) is 0.858. The molecule has 4 nitrogen and oxygen atoms in total. The zero-order chi connectivity index (χ0) is 5.28. The van der Waals surface area contributed by atoms with Crippen LogP contribution in [0.3, 0.4) is 0 Å². The molecule has 8 heavy (non-hydrogen) atoms. The summed E-state index contributed by atoms with van der Waals surface area (Å²) in [5, 5.41) is 2.14. The maximum atomic E-state index is 10.1. The minimum absolute atomic E-state index is 0. The number of amides is 2. The molecule has 0 spiro atoms. The van der Waals surface area contributed by atoms with Gasteiger partial charge in [-0.3, -0.25) is 14.9 Å². The lowest BCUT2D eigenvalue weighted by molar-refractivity contribution is -0.124. The summed E-state index contributed by atoms with van der Waals surface area (Å²) in [6.07, 6.45) is 0.748. The van der Waals surface area contributed by atoms with Crippen molar-refractivity contribution in [2.24, 2.45) is 0 Å². The second-order valence-electron chi connectivity index (χ2n) is 1.47. The molecule has 0 bridgehead atoms. The second-order valence-corrected chi connectivity index (χ2v) is 1.47. The van der Waals surface area contributed by atoms with E-state index in [1.807, 2.05) is 0 Å². The molecule has 1 rings (SSSR count). The lowest BCUT2D eigenvalue weighted by Gasteiger charge is -1.79. The van der Waals surface area contributed by atoms with Crippen molar-refractivity contribution in [3.8, 4) is 0 Å². The number of hydrogen-bond donors (Lipinski definition) is 2. The van der Waals surface area contributed by atoms with Gasteiger partial charge in [0.25, 0.3) is 0 Å². The number of quaternary nitrogens is 1. The van der Waals surface area contributed by atoms with E-state index in [9.17, 15) is 9.59 Å². The van der Waals surface area contributed by atoms with E-state index in [0.29, 0.717) is 12.8 Å². The minimum Gasteiger partial charge on any atom is -0.369 e. The Balaban J connectivity index is 0.000000490. The van der Waals surface area contributed by atoms with Gasteiger partial charge in [0.05, 0.1) is 0 Å². The first kappa shape index (κ1) is 7.10. The van der Waals surface area contributed by atoms with Crippen molar-refractivity contribution in [1.29, 1.82) is 0 Å². The number of carbonyl (C=O) groups excluding carboxylic acids is 2. The molecule has 1 fully saturated rings. The fourth-order valence-corrected chi connectivity index (χ4v) is 0.508. The van der Waals surface area contributed by atoms with E-state index in [1.165, 1.54) is 0 Å². The van der Waals surface area contributed by atoms with Gasteiger partial charge >= 0.3 is 0 Å². The highest BCUT2D eigenvalue weighted by Crippen LogP contribution is 1.95. The van der Waals surface area contributed by atoms with E-state index in [0.717, 1.165) is 0 Å². The standard InChI is InChI=1S/C4H5NO2.H3N/c6-3-1-2-4(7)5-3;/h1-2H2,(H,5,6,7);1H3/p+1. The number of imide groups is 1. The molecule has 46 valence electrons. The molecule has 0 atom stereocenters. The number of rotatable bonds is 0. The van der Waals surface area contributed by atoms with E-state index < -0.39 is 0 Å². The molecule has 1 saturated heterocycles. The molecule has 4 heteroatoms. The van der Waals surface area contributed by atoms with Gasteiger partial charge in [-0.1, -0.05) is 0 Å². The van der Waals surface area contributed by atoms with Crippen LogP contribution < -0.4 is 11.5 Å². The summed E-state index contributed by atoms with van der Waals surface area (Å²) in [7, 11) is 0. The normalized spacial score (nSPS) is 17.5. The Bertz CT molecular complexity index is 107. The van der Waals surface area contributed by atoms with Crippen LogP contribution in [0.4, 0.5) is 0 Å². The Morgan fingerprint density at radius 1 is 1.12 bits per heavy atom. The van der Waals surface area contributed by atoms with Crippen LogP contribution in [-0.2, 0) is 9.59 Å². The van der Waals surface area contributed by atoms with Crippen molar-refractivity contribution in [3.63, 3.8) is 0 Å². The fraction of sp³-hybridized carbons (Fsp3) is 0.500. The van der Waals surface area contributed by atoms with Crippen LogP contribution >= 0.6 is 0 Å². The first-order chi connectivity index (χ1) is 3.29. The monoisotopic (exact) mass is 117 g/mol. The molecule has 0 aromatic carbocycles. The molecular weight excluding hydrogens is 108 g/mol. The Kier molecular flexibility index (Phi) is 2.15. The Morgan fingerprint density at radius 3 is 1.62 bits per heavy atom. The van der Waals surface area contributed by atoms with Gasteiger partial charge in [0.1, 0.15) is 0 Å². The summed E-state index contributed by atoms with van der Waals surface area (Å²) < 4.78 is 0. The fourth-order valence-electron chi connectivity index (χ4n) is 0.508. The van der Waals surface area contributed by atoms with Crippen LogP contribution in [0.5, 0.6) is 0 Å². The van der Waals surface area contributed by atoms with Crippen molar-refractivity contribution in [3.05, 3.63) is 0 Å². The number of carbonyl (C=O) groups is 2. The van der Waals surface area contributed by atoms with Crippen LogP contribution in [0.2, 0.25) is 0 Å². The van der Waals surface area contributed by atoms with Crippen LogP contribution in [0, 0.1) is 0 Å². The highest BCUT2D eigenvalue weighted by Gasteiger charge is 2.15. The third kappa shape index (κ3) is 1.31. The molecule has 0 aromatic heterocycles. The highest BCUT2D eigenvalue weighted by molar-refractivity contribution is 6.01. The van der Waals surface area contributed by atoms with Crippen molar-refractivity contribution in [2.45, 2.75) is 12.8 Å². The summed E-state index contributed by atoms with van der Waals surface area (Å²) in [4.78, 5) is 20.2. The quantitative estimate of drug-likeness (QED) is 0.430. The second kappa shape index (κ2) is 2.42. The van der Waals surface area contributed by atoms with E-state index in [4.69, 9.17) is 0 Å². The molecule has 5 N–H and O–H groups in total. The van der Waals surface area contributed by atoms with Gasteiger partial charge in [0, 0.05) is 12.8 Å². The van der Waals surface area contributed by atoms with Crippen LogP contribution in [-0.4, -0.2) is 11.8 Å². The maximum absolute atomic E-state index is 10.1. The summed E-state index contributed by atoms with van der Waals surface area (Å²) in [6.45, 7) is 0. The molecule has 0 unspecified atom stereocenters. The Labute approximate surface area is 46.8 Å². The predicted molar refractivity (Wildman–Crippen MR) is 28.4 cm³/mol. The molecule has 2 amide bonds. The van der Waals surface area contributed by atoms with Gasteiger partial charge in [-0.25, -0.2) is 0 Å². The minimum atomic E-state index is -0.148. The average molecular weight is 117 g/mol. The zero-order valence-corrected chi connectivity index (χ0v) is 4.73. The topological polar surface area (TPSA) is 82.7 Å². The average Bonchev–Trinajstić information content (AvgIpc) is 1.87. The van der Waals surface area contributed by atoms with E-state index in [1.54, 1.807) is 0 Å². The Morgan fingerprint density at radius 2 is 1.50 bits per heavy atom. The molecule has 0 radical (unpaired) electrons. The Hall–Kier alpha value is -0.900. The van der Waals surface area contributed by atoms with Crippen molar-refractivity contribution in [1.82, 2.24) is 11.5 Å². The molecule has 0 saturated carbocycles. The number of nitrogens with one attached hydrogen (secondary N) is 1. The van der Waals surface area contributed by atoms with Crippen LogP contribution in [0.25, 0.3) is 0 Å². The molecule has 1 aliphatic heterocycles. The van der Waals surface area contributed by atoms with Gasteiger partial charge in [0.15, 0.2) is 0 Å². The van der Waals surface area contributed by atoms with E-state index in [-0.39, 0.29) is 18.0 Å². The molecule has 1 aliphatic rings. The van der Waals surface area contributed by atoms with Gasteiger partial charge in [-0.05, 0) is 0 Å². The van der Waals surface area contributed by atoms with Gasteiger partial charge in [-0.15, -0.1) is 0 Å². The number of hydrogen-bond acceptors (Lipinski definition) is 2. The third-order valence-corrected chi connectivity index (χ3v) is 0.858. The summed E-state index contributed by atoms with van der Waals surface area (Å²) in [6, 6.07) is 0. The van der Waals surface area contributed by atoms with E-state index in [2.05, 4.69) is 5.32 Å². The lowest BCUT2D eigenvalue weighted by Crippen LogP contribution is -2.18. The first-order valence-corrected chi connectivity index (χ1v) is 2.12. The van der Waals surface area contributed by atoms with E-state index >= 15 is 0 Å². The summed E-state index contributed by atoms with van der Waals surface area (Å²) in [5.41, 5.74) is 0. The van der Waals surface area contributed by atoms with Crippen molar-refractivity contribution in [2.75, 3.05) is 0 Å². The van der Waals surface area contributed by atoms with Crippen molar-refractivity contribution < 1.29 is 9.59 Å². The predicted octanol–water partition coefficient (Wildman–Crippen LogP) is -0.201. The molecule has 0 aliphatic carbocycles. The van der Waals surface area contributed by atoms with Gasteiger partial charge in [-0.2, -0.15) is 0 Å². The summed E-state index contributed by atoms with van der Waals surface area (Å²) >= 11 is 0. The largest absolute Gasteiger partial charge is 0.369 e. The molecule has 0 aromatic rings. The SMILES string of the molecule is O=C1CCC(=O)N1.[NH4+]. The first-order valence-electron chi connectivity index (χ1n) is 2.12. The molecule has 1 heterocycles. The summed E-state index contributed by atoms with van der Waals surface area (Å²) in [5.74, 6) is -0.296. The smallest absolute Gasteiger partial charge is 0.227 e. The van der Waals surface area contributed by atoms with Gasteiger partial charge < -0.3 is 6.15 Å². The van der Waals surface area contributed by atoms with Crippen molar-refractivity contribution >= 4 is 11.8 Å². The lowest BCUT2D eigenvalue weighted by atomic mass is 10.4. The maximum Gasteiger partial charge on any atom is 0.227 e. The van der Waals surface area contributed by atoms with Gasteiger partial charge in [0.2, 0.25) is 11.8 Å².